The largest absolute Gasteiger partial charge is 0.444 e. The summed E-state index contributed by atoms with van der Waals surface area (Å²) in [7, 11) is 0. The topological polar surface area (TPSA) is 73.4 Å². The predicted octanol–water partition coefficient (Wildman–Crippen LogP) is 2.91. The van der Waals surface area contributed by atoms with Crippen LogP contribution in [-0.4, -0.2) is 39.5 Å². The standard InChI is InChI=1S/C16H26N4O2/c1-16(2,3)22-15(21)19-9-11(10-19)13-8-14(17)18-20(13)12-6-4-5-7-12/h8,11-12H,4-7,9-10H2,1-3H3,(H2,17,18). The Balaban J connectivity index is 1.64. The Hall–Kier alpha value is -1.72. The van der Waals surface area contributed by atoms with E-state index in [0.29, 0.717) is 30.9 Å². The number of nitrogens with zero attached hydrogens (tertiary/aromatic N) is 3. The summed E-state index contributed by atoms with van der Waals surface area (Å²) in [6, 6.07) is 2.44. The average Bonchev–Trinajstić information content (AvgIpc) is 2.93. The highest BCUT2D eigenvalue weighted by Crippen LogP contribution is 2.36. The number of anilines is 1. The smallest absolute Gasteiger partial charge is 0.410 e. The molecular weight excluding hydrogens is 280 g/mol. The third kappa shape index (κ3) is 3.05. The van der Waals surface area contributed by atoms with Gasteiger partial charge < -0.3 is 15.4 Å². The highest BCUT2D eigenvalue weighted by Gasteiger charge is 2.37. The number of rotatable bonds is 2. The van der Waals surface area contributed by atoms with E-state index in [2.05, 4.69) is 9.78 Å². The second-order valence-electron chi connectivity index (χ2n) is 7.46. The van der Waals surface area contributed by atoms with Crippen molar-refractivity contribution >= 4 is 11.9 Å². The van der Waals surface area contributed by atoms with E-state index < -0.39 is 5.60 Å². The number of nitrogens with two attached hydrogens (primary N) is 1. The van der Waals surface area contributed by atoms with Gasteiger partial charge in [0, 0.05) is 30.8 Å². The van der Waals surface area contributed by atoms with Gasteiger partial charge in [0.25, 0.3) is 0 Å². The molecule has 0 bridgehead atoms. The van der Waals surface area contributed by atoms with E-state index in [1.807, 2.05) is 26.8 Å². The van der Waals surface area contributed by atoms with Gasteiger partial charge in [0.1, 0.15) is 11.4 Å². The molecule has 2 heterocycles. The summed E-state index contributed by atoms with van der Waals surface area (Å²) < 4.78 is 7.51. The maximum Gasteiger partial charge on any atom is 0.410 e. The molecular formula is C16H26N4O2. The molecule has 2 N–H and O–H groups in total. The second-order valence-corrected chi connectivity index (χ2v) is 7.46. The summed E-state index contributed by atoms with van der Waals surface area (Å²) >= 11 is 0. The lowest BCUT2D eigenvalue weighted by Gasteiger charge is -2.40. The van der Waals surface area contributed by atoms with E-state index in [0.717, 1.165) is 0 Å². The molecule has 22 heavy (non-hydrogen) atoms. The number of carbonyl (C=O) groups is 1. The van der Waals surface area contributed by atoms with Crippen LogP contribution in [-0.2, 0) is 4.74 Å². The van der Waals surface area contributed by atoms with Crippen LogP contribution in [0.2, 0.25) is 0 Å². The van der Waals surface area contributed by atoms with Gasteiger partial charge in [-0.25, -0.2) is 4.79 Å². The first-order valence-electron chi connectivity index (χ1n) is 8.16. The molecule has 2 fully saturated rings. The number of hydrogen-bond acceptors (Lipinski definition) is 4. The molecule has 122 valence electrons. The van der Waals surface area contributed by atoms with Crippen molar-refractivity contribution in [3.63, 3.8) is 0 Å². The molecule has 0 aromatic carbocycles. The Labute approximate surface area is 131 Å². The van der Waals surface area contributed by atoms with Gasteiger partial charge >= 0.3 is 6.09 Å². The number of carbonyl (C=O) groups excluding carboxylic acids is 1. The summed E-state index contributed by atoms with van der Waals surface area (Å²) in [6.07, 6.45) is 4.65. The van der Waals surface area contributed by atoms with Gasteiger partial charge in [0.15, 0.2) is 0 Å². The fraction of sp³-hybridized carbons (Fsp3) is 0.750. The van der Waals surface area contributed by atoms with Crippen molar-refractivity contribution < 1.29 is 9.53 Å². The SMILES string of the molecule is CC(C)(C)OC(=O)N1CC(c2cc(N)nn2C2CCCC2)C1. The molecule has 2 aliphatic rings. The van der Waals surface area contributed by atoms with E-state index in [1.54, 1.807) is 4.90 Å². The lowest BCUT2D eigenvalue weighted by atomic mass is 9.96. The lowest BCUT2D eigenvalue weighted by molar-refractivity contribution is 0.00738. The molecule has 0 atom stereocenters. The predicted molar refractivity (Wildman–Crippen MR) is 84.7 cm³/mol. The Morgan fingerprint density at radius 2 is 1.95 bits per heavy atom. The summed E-state index contributed by atoms with van der Waals surface area (Å²) in [5, 5.41) is 4.48. The van der Waals surface area contributed by atoms with E-state index in [1.165, 1.54) is 31.4 Å². The van der Waals surface area contributed by atoms with Gasteiger partial charge in [-0.2, -0.15) is 5.10 Å². The number of hydrogen-bond donors (Lipinski definition) is 1. The van der Waals surface area contributed by atoms with Crippen molar-refractivity contribution in [2.24, 2.45) is 0 Å². The van der Waals surface area contributed by atoms with Gasteiger partial charge in [-0.1, -0.05) is 12.8 Å². The maximum atomic E-state index is 12.0. The Morgan fingerprint density at radius 3 is 2.55 bits per heavy atom. The van der Waals surface area contributed by atoms with E-state index in [4.69, 9.17) is 10.5 Å². The minimum Gasteiger partial charge on any atom is -0.444 e. The molecule has 1 saturated heterocycles. The van der Waals surface area contributed by atoms with Gasteiger partial charge in [-0.15, -0.1) is 0 Å². The van der Waals surface area contributed by atoms with Crippen molar-refractivity contribution in [3.8, 4) is 0 Å². The van der Waals surface area contributed by atoms with Crippen molar-refractivity contribution in [3.05, 3.63) is 11.8 Å². The number of amides is 1. The molecule has 0 spiro atoms. The monoisotopic (exact) mass is 306 g/mol. The summed E-state index contributed by atoms with van der Waals surface area (Å²) in [5.74, 6) is 0.899. The molecule has 1 aromatic rings. The molecule has 3 rings (SSSR count). The van der Waals surface area contributed by atoms with Crippen LogP contribution in [0.25, 0.3) is 0 Å². The van der Waals surface area contributed by atoms with E-state index in [9.17, 15) is 4.79 Å². The van der Waals surface area contributed by atoms with Crippen LogP contribution < -0.4 is 5.73 Å². The molecule has 1 saturated carbocycles. The van der Waals surface area contributed by atoms with Crippen molar-refractivity contribution in [1.29, 1.82) is 0 Å². The zero-order valence-electron chi connectivity index (χ0n) is 13.7. The first-order valence-corrected chi connectivity index (χ1v) is 8.16. The molecule has 6 nitrogen and oxygen atoms in total. The molecule has 1 aliphatic heterocycles. The minimum absolute atomic E-state index is 0.233. The number of nitrogen functional groups attached to an aromatic ring is 1. The zero-order valence-corrected chi connectivity index (χ0v) is 13.7. The van der Waals surface area contributed by atoms with Crippen LogP contribution >= 0.6 is 0 Å². The average molecular weight is 306 g/mol. The first kappa shape index (κ1) is 15.2. The molecule has 1 aromatic heterocycles. The van der Waals surface area contributed by atoms with Crippen molar-refractivity contribution in [2.75, 3.05) is 18.8 Å². The number of aromatic nitrogens is 2. The van der Waals surface area contributed by atoms with Gasteiger partial charge in [-0.3, -0.25) is 4.68 Å². The van der Waals surface area contributed by atoms with E-state index >= 15 is 0 Å². The molecule has 1 aliphatic carbocycles. The van der Waals surface area contributed by atoms with Gasteiger partial charge in [-0.05, 0) is 33.6 Å². The van der Waals surface area contributed by atoms with E-state index in [-0.39, 0.29) is 6.09 Å². The van der Waals surface area contributed by atoms with Crippen LogP contribution in [0.1, 0.15) is 64.1 Å². The van der Waals surface area contributed by atoms with Gasteiger partial charge in [0.05, 0.1) is 6.04 Å². The highest BCUT2D eigenvalue weighted by molar-refractivity contribution is 5.69. The summed E-state index contributed by atoms with van der Waals surface area (Å²) in [4.78, 5) is 13.8. The van der Waals surface area contributed by atoms with Crippen LogP contribution in [0.15, 0.2) is 6.07 Å². The molecule has 6 heteroatoms. The number of likely N-dealkylation sites (tertiary alicyclic amines) is 1. The van der Waals surface area contributed by atoms with Crippen LogP contribution in [0.5, 0.6) is 0 Å². The van der Waals surface area contributed by atoms with Crippen molar-refractivity contribution in [2.45, 2.75) is 64.0 Å². The molecule has 1 amide bonds. The fourth-order valence-electron chi connectivity index (χ4n) is 3.32. The summed E-state index contributed by atoms with van der Waals surface area (Å²) in [5.41, 5.74) is 6.63. The normalized spacial score (nSPS) is 20.2. The highest BCUT2D eigenvalue weighted by atomic mass is 16.6. The first-order chi connectivity index (χ1) is 10.3. The second kappa shape index (κ2) is 5.48. The quantitative estimate of drug-likeness (QED) is 0.911. The molecule has 0 unspecified atom stereocenters. The van der Waals surface area contributed by atoms with Crippen LogP contribution in [0.4, 0.5) is 10.6 Å². The Bertz CT molecular complexity index is 549. The summed E-state index contributed by atoms with van der Waals surface area (Å²) in [6.45, 7) is 7.04. The third-order valence-corrected chi connectivity index (χ3v) is 4.41. The minimum atomic E-state index is -0.446. The third-order valence-electron chi connectivity index (χ3n) is 4.41. The Morgan fingerprint density at radius 1 is 1.32 bits per heavy atom. The lowest BCUT2D eigenvalue weighted by Crippen LogP contribution is -2.50. The molecule has 0 radical (unpaired) electrons. The fourth-order valence-corrected chi connectivity index (χ4v) is 3.32. The van der Waals surface area contributed by atoms with Gasteiger partial charge in [0.2, 0.25) is 0 Å². The zero-order chi connectivity index (χ0) is 15.9. The number of ether oxygens (including phenoxy) is 1. The van der Waals surface area contributed by atoms with Crippen LogP contribution in [0, 0.1) is 0 Å². The van der Waals surface area contributed by atoms with Crippen LogP contribution in [0.3, 0.4) is 0 Å². The maximum absolute atomic E-state index is 12.0. The Kier molecular flexibility index (Phi) is 3.78. The van der Waals surface area contributed by atoms with Crippen molar-refractivity contribution in [1.82, 2.24) is 14.7 Å².